The van der Waals surface area contributed by atoms with Crippen LogP contribution in [0.4, 0.5) is 5.69 Å². The molecule has 0 aliphatic carbocycles. The summed E-state index contributed by atoms with van der Waals surface area (Å²) in [5.41, 5.74) is 2.03. The first-order valence-electron chi connectivity index (χ1n) is 7.08. The quantitative estimate of drug-likeness (QED) is 0.761. The summed E-state index contributed by atoms with van der Waals surface area (Å²) in [6, 6.07) is 8.44. The summed E-state index contributed by atoms with van der Waals surface area (Å²) in [6.45, 7) is 3.24. The molecule has 1 aromatic heterocycles. The van der Waals surface area contributed by atoms with Crippen molar-refractivity contribution in [2.45, 2.75) is 25.8 Å². The third kappa shape index (κ3) is 3.61. The van der Waals surface area contributed by atoms with Crippen LogP contribution < -0.4 is 15.4 Å². The maximum atomic E-state index is 5.37. The van der Waals surface area contributed by atoms with Gasteiger partial charge in [0.25, 0.3) is 0 Å². The Kier molecular flexibility index (Phi) is 5.18. The largest absolute Gasteiger partial charge is 0.497 e. The second-order valence-corrected chi connectivity index (χ2v) is 5.04. The predicted molar refractivity (Wildman–Crippen MR) is 84.5 cm³/mol. The van der Waals surface area contributed by atoms with E-state index >= 15 is 0 Å². The molecule has 4 heteroatoms. The summed E-state index contributed by atoms with van der Waals surface area (Å²) in [5, 5.41) is 7.82. The molecule has 0 spiro atoms. The second-order valence-electron chi connectivity index (χ2n) is 5.04. The van der Waals surface area contributed by atoms with Crippen molar-refractivity contribution in [3.63, 3.8) is 0 Å². The number of hydrogen-bond donors (Lipinski definition) is 2. The zero-order valence-corrected chi connectivity index (χ0v) is 12.4. The third-order valence-electron chi connectivity index (χ3n) is 3.38. The highest BCUT2D eigenvalue weighted by Gasteiger charge is 2.08. The van der Waals surface area contributed by atoms with Gasteiger partial charge in [-0.05, 0) is 45.5 Å². The van der Waals surface area contributed by atoms with E-state index in [0.717, 1.165) is 41.7 Å². The fraction of sp³-hybridized carbons (Fsp3) is 0.438. The molecule has 0 bridgehead atoms. The number of pyridine rings is 1. The van der Waals surface area contributed by atoms with E-state index in [1.165, 1.54) is 0 Å². The van der Waals surface area contributed by atoms with Crippen molar-refractivity contribution in [2.75, 3.05) is 26.0 Å². The maximum Gasteiger partial charge on any atom is 0.121 e. The van der Waals surface area contributed by atoms with Crippen molar-refractivity contribution < 1.29 is 4.74 Å². The van der Waals surface area contributed by atoms with Gasteiger partial charge in [-0.2, -0.15) is 0 Å². The number of fused-ring (bicyclic) bond motifs is 1. The summed E-state index contributed by atoms with van der Waals surface area (Å²) in [4.78, 5) is 4.48. The molecule has 0 amide bonds. The fourth-order valence-corrected chi connectivity index (χ4v) is 2.32. The summed E-state index contributed by atoms with van der Waals surface area (Å²) < 4.78 is 5.37. The predicted octanol–water partition coefficient (Wildman–Crippen LogP) is 3.04. The number of aromatic nitrogens is 1. The van der Waals surface area contributed by atoms with E-state index in [1.54, 1.807) is 7.11 Å². The smallest absolute Gasteiger partial charge is 0.121 e. The van der Waals surface area contributed by atoms with Crippen LogP contribution in [0.25, 0.3) is 10.9 Å². The molecule has 0 aliphatic rings. The molecule has 4 nitrogen and oxygen atoms in total. The van der Waals surface area contributed by atoms with Gasteiger partial charge < -0.3 is 15.4 Å². The number of benzene rings is 1. The third-order valence-corrected chi connectivity index (χ3v) is 3.38. The second kappa shape index (κ2) is 7.10. The van der Waals surface area contributed by atoms with Crippen LogP contribution >= 0.6 is 0 Å². The molecule has 1 heterocycles. The summed E-state index contributed by atoms with van der Waals surface area (Å²) in [5.74, 6) is 0.857. The molecule has 0 fully saturated rings. The Bertz CT molecular complexity index is 556. The molecular formula is C16H23N3O. The summed E-state index contributed by atoms with van der Waals surface area (Å²) in [6.07, 6.45) is 4.10. The summed E-state index contributed by atoms with van der Waals surface area (Å²) >= 11 is 0. The van der Waals surface area contributed by atoms with Crippen molar-refractivity contribution in [3.05, 3.63) is 30.5 Å². The molecule has 0 saturated heterocycles. The van der Waals surface area contributed by atoms with Gasteiger partial charge in [-0.15, -0.1) is 0 Å². The van der Waals surface area contributed by atoms with Crippen molar-refractivity contribution in [1.82, 2.24) is 10.3 Å². The van der Waals surface area contributed by atoms with Crippen molar-refractivity contribution >= 4 is 16.6 Å². The van der Waals surface area contributed by atoms with E-state index < -0.39 is 0 Å². The van der Waals surface area contributed by atoms with Crippen molar-refractivity contribution in [3.8, 4) is 5.75 Å². The van der Waals surface area contributed by atoms with E-state index in [2.05, 4.69) is 28.6 Å². The Morgan fingerprint density at radius 1 is 1.35 bits per heavy atom. The van der Waals surface area contributed by atoms with E-state index in [0.29, 0.717) is 6.04 Å². The molecule has 108 valence electrons. The van der Waals surface area contributed by atoms with Crippen LogP contribution in [0.2, 0.25) is 0 Å². The molecule has 2 aromatic rings. The lowest BCUT2D eigenvalue weighted by Crippen LogP contribution is -2.18. The van der Waals surface area contributed by atoms with Crippen LogP contribution in [0.15, 0.2) is 30.5 Å². The van der Waals surface area contributed by atoms with Gasteiger partial charge in [0.15, 0.2) is 0 Å². The monoisotopic (exact) mass is 273 g/mol. The minimum Gasteiger partial charge on any atom is -0.497 e. The van der Waals surface area contributed by atoms with Crippen LogP contribution in [0.3, 0.4) is 0 Å². The highest BCUT2D eigenvalue weighted by atomic mass is 16.5. The molecule has 0 saturated carbocycles. The normalized spacial score (nSPS) is 12.3. The topological polar surface area (TPSA) is 46.2 Å². The van der Waals surface area contributed by atoms with Crippen LogP contribution in [0.1, 0.15) is 19.8 Å². The first-order valence-corrected chi connectivity index (χ1v) is 7.08. The van der Waals surface area contributed by atoms with Gasteiger partial charge >= 0.3 is 0 Å². The Morgan fingerprint density at radius 3 is 2.95 bits per heavy atom. The van der Waals surface area contributed by atoms with Crippen molar-refractivity contribution in [1.29, 1.82) is 0 Å². The van der Waals surface area contributed by atoms with Crippen LogP contribution in [-0.4, -0.2) is 31.7 Å². The molecule has 1 atom stereocenters. The van der Waals surface area contributed by atoms with E-state index in [9.17, 15) is 0 Å². The SMILES string of the molecule is CNCCCC(C)Nc1cc(OC)cc2cccnc12. The maximum absolute atomic E-state index is 5.37. The van der Waals surface area contributed by atoms with Crippen molar-refractivity contribution in [2.24, 2.45) is 0 Å². The number of ether oxygens (including phenoxy) is 1. The van der Waals surface area contributed by atoms with Gasteiger partial charge in [0, 0.05) is 23.7 Å². The fourth-order valence-electron chi connectivity index (χ4n) is 2.32. The highest BCUT2D eigenvalue weighted by Crippen LogP contribution is 2.28. The number of nitrogens with zero attached hydrogens (tertiary/aromatic N) is 1. The number of nitrogens with one attached hydrogen (secondary N) is 2. The Balaban J connectivity index is 2.19. The zero-order valence-electron chi connectivity index (χ0n) is 12.4. The average molecular weight is 273 g/mol. The number of rotatable bonds is 7. The Labute approximate surface area is 120 Å². The van der Waals surface area contributed by atoms with Gasteiger partial charge in [-0.1, -0.05) is 6.07 Å². The Morgan fingerprint density at radius 2 is 2.20 bits per heavy atom. The Hall–Kier alpha value is -1.81. The van der Waals surface area contributed by atoms with Crippen LogP contribution in [-0.2, 0) is 0 Å². The standard InChI is InChI=1S/C16H23N3O/c1-12(6-4-8-17-2)19-15-11-14(20-3)10-13-7-5-9-18-16(13)15/h5,7,9-12,17,19H,4,6,8H2,1-3H3. The van der Waals surface area contributed by atoms with E-state index in [4.69, 9.17) is 4.74 Å². The molecule has 0 aliphatic heterocycles. The van der Waals surface area contributed by atoms with Gasteiger partial charge in [-0.3, -0.25) is 4.98 Å². The van der Waals surface area contributed by atoms with Gasteiger partial charge in [0.2, 0.25) is 0 Å². The lowest BCUT2D eigenvalue weighted by molar-refractivity contribution is 0.415. The molecule has 2 N–H and O–H groups in total. The number of hydrogen-bond acceptors (Lipinski definition) is 4. The first kappa shape index (κ1) is 14.6. The minimum absolute atomic E-state index is 0.403. The molecule has 1 aromatic carbocycles. The molecule has 1 unspecified atom stereocenters. The van der Waals surface area contributed by atoms with E-state index in [1.807, 2.05) is 31.4 Å². The lowest BCUT2D eigenvalue weighted by atomic mass is 10.1. The molecular weight excluding hydrogens is 250 g/mol. The molecule has 0 radical (unpaired) electrons. The lowest BCUT2D eigenvalue weighted by Gasteiger charge is -2.17. The highest BCUT2D eigenvalue weighted by molar-refractivity contribution is 5.91. The summed E-state index contributed by atoms with van der Waals surface area (Å²) in [7, 11) is 3.68. The average Bonchev–Trinajstić information content (AvgIpc) is 2.47. The number of anilines is 1. The number of methoxy groups -OCH3 is 1. The van der Waals surface area contributed by atoms with Crippen LogP contribution in [0, 0.1) is 0 Å². The molecule has 2 rings (SSSR count). The van der Waals surface area contributed by atoms with Gasteiger partial charge in [-0.25, -0.2) is 0 Å². The minimum atomic E-state index is 0.403. The first-order chi connectivity index (χ1) is 9.74. The zero-order chi connectivity index (χ0) is 14.4. The van der Waals surface area contributed by atoms with E-state index in [-0.39, 0.29) is 0 Å². The van der Waals surface area contributed by atoms with Gasteiger partial charge in [0.05, 0.1) is 18.3 Å². The molecule has 20 heavy (non-hydrogen) atoms. The van der Waals surface area contributed by atoms with Crippen LogP contribution in [0.5, 0.6) is 5.75 Å². The van der Waals surface area contributed by atoms with Gasteiger partial charge in [0.1, 0.15) is 5.75 Å².